The molecule has 5 rings (SSSR count). The minimum atomic E-state index is -1.55. The van der Waals surface area contributed by atoms with Gasteiger partial charge in [-0.25, -0.2) is 4.68 Å². The van der Waals surface area contributed by atoms with Crippen molar-refractivity contribution in [3.8, 4) is 0 Å². The number of carbonyl (C=O) groups excluding carboxylic acids is 8. The maximum absolute atomic E-state index is 14.0. The molecule has 0 spiro atoms. The van der Waals surface area contributed by atoms with Crippen LogP contribution in [0.25, 0.3) is 0 Å². The quantitative estimate of drug-likeness (QED) is 0.0658. The molecule has 1 amide bonds. The van der Waals surface area contributed by atoms with E-state index in [1.54, 1.807) is 44.6 Å². The highest BCUT2D eigenvalue weighted by atomic mass is 16.8. The lowest BCUT2D eigenvalue weighted by Gasteiger charge is -2.51. The van der Waals surface area contributed by atoms with Gasteiger partial charge in [-0.3, -0.25) is 38.4 Å². The van der Waals surface area contributed by atoms with Crippen LogP contribution in [0.1, 0.15) is 128 Å². The Morgan fingerprint density at radius 2 is 1.14 bits per heavy atom. The van der Waals surface area contributed by atoms with Gasteiger partial charge in [-0.05, 0) is 38.7 Å². The minimum absolute atomic E-state index is 0.00536. The number of carbonyl (C=O) groups is 8. The molecule has 26 heteroatoms. The maximum Gasteiger partial charge on any atom is 0.303 e. The summed E-state index contributed by atoms with van der Waals surface area (Å²) in [7, 11) is 0. The van der Waals surface area contributed by atoms with Crippen molar-refractivity contribution in [3.05, 3.63) is 23.5 Å². The molecule has 0 bridgehead atoms. The molecular formula is C52H78N4O22. The molecule has 0 radical (unpaired) electrons. The zero-order valence-corrected chi connectivity index (χ0v) is 47.0. The molecule has 0 saturated carbocycles. The second-order valence-electron chi connectivity index (χ2n) is 19.5. The lowest BCUT2D eigenvalue weighted by Crippen LogP contribution is -2.67. The first-order valence-electron chi connectivity index (χ1n) is 26.5. The number of aromatic nitrogens is 3. The smallest absolute Gasteiger partial charge is 0.303 e. The summed E-state index contributed by atoms with van der Waals surface area (Å²) in [4.78, 5) is 105. The Hall–Kier alpha value is -5.64. The first-order chi connectivity index (χ1) is 36.9. The van der Waals surface area contributed by atoms with Crippen LogP contribution in [0, 0.1) is 5.92 Å². The molecule has 1 aliphatic carbocycles. The van der Waals surface area contributed by atoms with Crippen molar-refractivity contribution in [1.29, 1.82) is 0 Å². The third-order valence-corrected chi connectivity index (χ3v) is 13.5. The average Bonchev–Trinajstić information content (AvgIpc) is 3.89. The van der Waals surface area contributed by atoms with Gasteiger partial charge < -0.3 is 71.2 Å². The van der Waals surface area contributed by atoms with E-state index < -0.39 is 158 Å². The maximum atomic E-state index is 14.0. The van der Waals surface area contributed by atoms with Crippen molar-refractivity contribution in [3.63, 3.8) is 0 Å². The lowest BCUT2D eigenvalue weighted by molar-refractivity contribution is -0.368. The summed E-state index contributed by atoms with van der Waals surface area (Å²) in [6, 6.07) is -2.12. The van der Waals surface area contributed by atoms with Crippen LogP contribution in [0.5, 0.6) is 0 Å². The summed E-state index contributed by atoms with van der Waals surface area (Å²) in [5.41, 5.74) is 0.978. The van der Waals surface area contributed by atoms with E-state index in [0.29, 0.717) is 37.4 Å². The summed E-state index contributed by atoms with van der Waals surface area (Å²) in [6.45, 7) is 21.5. The average molecular weight is 1110 g/mol. The molecule has 4 heterocycles. The predicted octanol–water partition coefficient (Wildman–Crippen LogP) is 3.10. The van der Waals surface area contributed by atoms with Crippen molar-refractivity contribution in [2.75, 3.05) is 13.2 Å². The monoisotopic (exact) mass is 1110 g/mol. The number of ether oxygens (including phenoxy) is 14. The molecule has 438 valence electrons. The summed E-state index contributed by atoms with van der Waals surface area (Å²) >= 11 is 0. The van der Waals surface area contributed by atoms with Gasteiger partial charge in [0.15, 0.2) is 55.5 Å². The van der Waals surface area contributed by atoms with E-state index in [0.717, 1.165) is 34.6 Å². The number of hydrogen-bond acceptors (Lipinski definition) is 24. The predicted molar refractivity (Wildman–Crippen MR) is 264 cm³/mol. The molecule has 78 heavy (non-hydrogen) atoms. The van der Waals surface area contributed by atoms with Gasteiger partial charge in [0.1, 0.15) is 24.0 Å². The molecule has 0 N–H and O–H groups in total. The Bertz CT molecular complexity index is 2280. The second kappa shape index (κ2) is 29.0. The van der Waals surface area contributed by atoms with Crippen LogP contribution in [0.4, 0.5) is 0 Å². The first-order valence-corrected chi connectivity index (χ1v) is 26.5. The molecule has 1 aromatic rings. The number of nitrogens with zero attached hydrogens (tertiary/aromatic N) is 4. The molecular weight excluding hydrogens is 1030 g/mol. The molecule has 3 aliphatic heterocycles. The van der Waals surface area contributed by atoms with Crippen LogP contribution >= 0.6 is 0 Å². The van der Waals surface area contributed by atoms with Crippen molar-refractivity contribution in [2.24, 2.45) is 5.92 Å². The highest BCUT2D eigenvalue weighted by Crippen LogP contribution is 2.41. The Labute approximate surface area is 453 Å². The molecule has 3 saturated heterocycles. The van der Waals surface area contributed by atoms with Gasteiger partial charge in [0.2, 0.25) is 5.91 Å². The van der Waals surface area contributed by atoms with Crippen molar-refractivity contribution in [2.45, 2.75) is 240 Å². The van der Waals surface area contributed by atoms with E-state index in [1.165, 1.54) is 25.7 Å². The Kier molecular flexibility index (Phi) is 23.5. The van der Waals surface area contributed by atoms with E-state index in [4.69, 9.17) is 66.3 Å². The number of esters is 7. The lowest BCUT2D eigenvalue weighted by atomic mass is 9.83. The molecule has 18 atom stereocenters. The topological polar surface area (TPSA) is 300 Å². The van der Waals surface area contributed by atoms with Crippen molar-refractivity contribution >= 4 is 47.7 Å². The SMILES string of the molecule is CCOCCn1cc(CO[C@H]2OC(CC)[C@H](O[C@@H]3OC(CC)[C@H](O[C@@H]4OC(C)[C@H](N(C(C)=O)[C@@H]5C=C(CC)[C@H](OC(C)=O)[C@@H](OC(C)=O)[C@@H]5OC(C)=O)C[C@H]4OC(C)=O)C(OC(C)=O)[C@H]3OC(C)=O)C(OC(C)=O)[C@H]2C)nn1. The molecule has 0 aromatic carbocycles. The zero-order valence-electron chi connectivity index (χ0n) is 47.0. The first kappa shape index (κ1) is 63.2. The highest BCUT2D eigenvalue weighted by Gasteiger charge is 2.57. The van der Waals surface area contributed by atoms with Crippen LogP contribution in [0.2, 0.25) is 0 Å². The molecule has 26 nitrogen and oxygen atoms in total. The summed E-state index contributed by atoms with van der Waals surface area (Å²) in [5, 5.41) is 8.31. The fraction of sp³-hybridized carbons (Fsp3) is 0.769. The van der Waals surface area contributed by atoms with Crippen LogP contribution < -0.4 is 0 Å². The van der Waals surface area contributed by atoms with Crippen molar-refractivity contribution in [1.82, 2.24) is 19.9 Å². The Balaban J connectivity index is 1.47. The van der Waals surface area contributed by atoms with Gasteiger partial charge in [-0.2, -0.15) is 0 Å². The van der Waals surface area contributed by atoms with Gasteiger partial charge in [0, 0.05) is 74.3 Å². The number of hydrogen-bond donors (Lipinski definition) is 0. The summed E-state index contributed by atoms with van der Waals surface area (Å²) in [6.07, 6.45) is -14.6. The van der Waals surface area contributed by atoms with E-state index in [2.05, 4.69) is 10.3 Å². The van der Waals surface area contributed by atoms with Crippen LogP contribution in [0.3, 0.4) is 0 Å². The Morgan fingerprint density at radius 3 is 1.69 bits per heavy atom. The molecule has 5 unspecified atom stereocenters. The largest absolute Gasteiger partial charge is 0.459 e. The van der Waals surface area contributed by atoms with Gasteiger partial charge in [-0.15, -0.1) is 5.10 Å². The number of rotatable bonds is 23. The zero-order chi connectivity index (χ0) is 57.7. The fourth-order valence-electron chi connectivity index (χ4n) is 10.4. The van der Waals surface area contributed by atoms with E-state index in [9.17, 15) is 38.4 Å². The highest BCUT2D eigenvalue weighted by molar-refractivity contribution is 5.75. The normalized spacial score (nSPS) is 32.8. The minimum Gasteiger partial charge on any atom is -0.459 e. The number of amides is 1. The summed E-state index contributed by atoms with van der Waals surface area (Å²) in [5.74, 6) is -6.50. The third kappa shape index (κ3) is 16.5. The summed E-state index contributed by atoms with van der Waals surface area (Å²) < 4.78 is 87.1. The van der Waals surface area contributed by atoms with Crippen LogP contribution in [-0.4, -0.2) is 185 Å². The standard InChI is InChI=1S/C52H78N4O22/c1-15-35-21-38(44(71-31(11)61)47(72-32(12)62)43(35)70-30(10)60)56(27(7)57)37-22-41(68-28(8)58)51(67-26(37)6)77-46-40(17-3)76-52(49(74-34(14)64)48(46)73-33(13)63)78-45-39(16-2)75-50(25(5)42(45)69-29(9)59)66-24-36-23-55(54-53-36)19-20-65-18-4/h21,23,25-26,37-52H,15-20,22,24H2,1-14H3/t25-,26?,37-,38-,39?,40?,41-,42?,43+,44-,45+,46+,47-,48?,49-,50+,51+,52+/m1/s1. The molecule has 4 aliphatic rings. The van der Waals surface area contributed by atoms with E-state index in [1.807, 2.05) is 13.8 Å². The molecule has 1 aromatic heterocycles. The van der Waals surface area contributed by atoms with E-state index in [-0.39, 0.29) is 25.9 Å². The third-order valence-electron chi connectivity index (χ3n) is 13.5. The van der Waals surface area contributed by atoms with Gasteiger partial charge >= 0.3 is 41.8 Å². The van der Waals surface area contributed by atoms with Crippen molar-refractivity contribution < 1.29 is 105 Å². The molecule has 3 fully saturated rings. The fourth-order valence-corrected chi connectivity index (χ4v) is 10.4. The second-order valence-corrected chi connectivity index (χ2v) is 19.5. The van der Waals surface area contributed by atoms with Crippen LogP contribution in [-0.2, 0) is 118 Å². The van der Waals surface area contributed by atoms with Gasteiger partial charge in [0.25, 0.3) is 0 Å². The van der Waals surface area contributed by atoms with Gasteiger partial charge in [0.05, 0.1) is 56.4 Å². The Morgan fingerprint density at radius 1 is 0.615 bits per heavy atom. The van der Waals surface area contributed by atoms with Gasteiger partial charge in [-0.1, -0.05) is 39.0 Å². The van der Waals surface area contributed by atoms with E-state index >= 15 is 0 Å². The van der Waals surface area contributed by atoms with Crippen LogP contribution in [0.15, 0.2) is 17.8 Å².